The van der Waals surface area contributed by atoms with E-state index < -0.39 is 6.04 Å². The Balaban J connectivity index is 1.64. The SMILES string of the molecule is Cc1nc(-c2ccc(N[C@@H](C)C(=O)Nc3cccc(Cl)c3Cl)cc2)cs1. The number of halogens is 2. The average Bonchev–Trinajstić information content (AvgIpc) is 3.06. The molecule has 26 heavy (non-hydrogen) atoms. The van der Waals surface area contributed by atoms with Gasteiger partial charge in [0.15, 0.2) is 0 Å². The van der Waals surface area contributed by atoms with Gasteiger partial charge in [0.25, 0.3) is 0 Å². The molecule has 1 aromatic heterocycles. The lowest BCUT2D eigenvalue weighted by Crippen LogP contribution is -2.31. The lowest BCUT2D eigenvalue weighted by molar-refractivity contribution is -0.116. The molecule has 2 N–H and O–H groups in total. The van der Waals surface area contributed by atoms with Gasteiger partial charge in [0.1, 0.15) is 6.04 Å². The molecule has 3 aromatic rings. The highest BCUT2D eigenvalue weighted by atomic mass is 35.5. The van der Waals surface area contributed by atoms with Crippen molar-refractivity contribution in [1.29, 1.82) is 0 Å². The maximum atomic E-state index is 12.4. The summed E-state index contributed by atoms with van der Waals surface area (Å²) in [4.78, 5) is 16.9. The molecule has 1 atom stereocenters. The molecule has 3 rings (SSSR count). The number of benzene rings is 2. The van der Waals surface area contributed by atoms with E-state index >= 15 is 0 Å². The maximum Gasteiger partial charge on any atom is 0.246 e. The lowest BCUT2D eigenvalue weighted by atomic mass is 10.1. The van der Waals surface area contributed by atoms with E-state index in [-0.39, 0.29) is 5.91 Å². The summed E-state index contributed by atoms with van der Waals surface area (Å²) in [7, 11) is 0. The largest absolute Gasteiger partial charge is 0.374 e. The van der Waals surface area contributed by atoms with Crippen LogP contribution in [0.2, 0.25) is 10.0 Å². The van der Waals surface area contributed by atoms with E-state index in [1.807, 2.05) is 36.6 Å². The zero-order chi connectivity index (χ0) is 18.7. The number of aromatic nitrogens is 1. The second-order valence-corrected chi connectivity index (χ2v) is 7.63. The van der Waals surface area contributed by atoms with Crippen molar-refractivity contribution in [2.24, 2.45) is 0 Å². The van der Waals surface area contributed by atoms with E-state index in [1.165, 1.54) is 0 Å². The number of carbonyl (C=O) groups excluding carboxylic acids is 1. The molecular weight excluding hydrogens is 389 g/mol. The fourth-order valence-corrected chi connectivity index (χ4v) is 3.36. The monoisotopic (exact) mass is 405 g/mol. The zero-order valence-electron chi connectivity index (χ0n) is 14.2. The average molecular weight is 406 g/mol. The van der Waals surface area contributed by atoms with Gasteiger partial charge < -0.3 is 10.6 Å². The van der Waals surface area contributed by atoms with Crippen molar-refractivity contribution in [1.82, 2.24) is 4.98 Å². The molecule has 0 aliphatic heterocycles. The Kier molecular flexibility index (Phi) is 5.81. The van der Waals surface area contributed by atoms with Gasteiger partial charge in [0, 0.05) is 16.6 Å². The second kappa shape index (κ2) is 8.08. The molecule has 1 amide bonds. The predicted octanol–water partition coefficient (Wildman–Crippen LogP) is 5.86. The number of rotatable bonds is 5. The topological polar surface area (TPSA) is 54.0 Å². The Morgan fingerprint density at radius 1 is 1.15 bits per heavy atom. The first-order valence-electron chi connectivity index (χ1n) is 7.98. The molecular formula is C19H17Cl2N3OS. The van der Waals surface area contributed by atoms with Crippen LogP contribution in [0.1, 0.15) is 11.9 Å². The Bertz CT molecular complexity index is 925. The van der Waals surface area contributed by atoms with Gasteiger partial charge in [0.2, 0.25) is 5.91 Å². The molecule has 0 saturated carbocycles. The van der Waals surface area contributed by atoms with Crippen LogP contribution in [0.4, 0.5) is 11.4 Å². The van der Waals surface area contributed by atoms with Crippen LogP contribution in [-0.2, 0) is 4.79 Å². The molecule has 7 heteroatoms. The van der Waals surface area contributed by atoms with Crippen LogP contribution in [0, 0.1) is 6.92 Å². The van der Waals surface area contributed by atoms with Crippen molar-refractivity contribution >= 4 is 51.8 Å². The molecule has 0 spiro atoms. The zero-order valence-corrected chi connectivity index (χ0v) is 16.5. The summed E-state index contributed by atoms with van der Waals surface area (Å²) in [6.07, 6.45) is 0. The van der Waals surface area contributed by atoms with Gasteiger partial charge in [-0.25, -0.2) is 4.98 Å². The van der Waals surface area contributed by atoms with Gasteiger partial charge in [-0.15, -0.1) is 11.3 Å². The maximum absolute atomic E-state index is 12.4. The molecule has 0 saturated heterocycles. The second-order valence-electron chi connectivity index (χ2n) is 5.79. The van der Waals surface area contributed by atoms with Crippen molar-refractivity contribution < 1.29 is 4.79 Å². The first kappa shape index (κ1) is 18.7. The number of amides is 1. The molecule has 2 aromatic carbocycles. The number of anilines is 2. The highest BCUT2D eigenvalue weighted by molar-refractivity contribution is 7.09. The third-order valence-corrected chi connectivity index (χ3v) is 5.38. The van der Waals surface area contributed by atoms with Crippen LogP contribution >= 0.6 is 34.5 Å². The van der Waals surface area contributed by atoms with E-state index in [1.54, 1.807) is 36.5 Å². The standard InChI is InChI=1S/C19H17Cl2N3OS/c1-11(19(25)24-16-5-3-4-15(20)18(16)21)22-14-8-6-13(7-9-14)17-10-26-12(2)23-17/h3-11,22H,1-2H3,(H,24,25)/t11-/m0/s1. The molecule has 1 heterocycles. The van der Waals surface area contributed by atoms with E-state index in [2.05, 4.69) is 15.6 Å². The molecule has 0 bridgehead atoms. The number of aryl methyl sites for hydroxylation is 1. The normalized spacial score (nSPS) is 11.8. The third kappa shape index (κ3) is 4.36. The van der Waals surface area contributed by atoms with Crippen molar-refractivity contribution in [2.45, 2.75) is 19.9 Å². The predicted molar refractivity (Wildman–Crippen MR) is 110 cm³/mol. The van der Waals surface area contributed by atoms with Crippen LogP contribution < -0.4 is 10.6 Å². The summed E-state index contributed by atoms with van der Waals surface area (Å²) in [5.41, 5.74) is 3.34. The highest BCUT2D eigenvalue weighted by Crippen LogP contribution is 2.29. The van der Waals surface area contributed by atoms with Crippen molar-refractivity contribution in [2.75, 3.05) is 10.6 Å². The minimum Gasteiger partial charge on any atom is -0.374 e. The van der Waals surface area contributed by atoms with Gasteiger partial charge >= 0.3 is 0 Å². The van der Waals surface area contributed by atoms with Crippen molar-refractivity contribution in [3.63, 3.8) is 0 Å². The molecule has 0 aliphatic rings. The van der Waals surface area contributed by atoms with E-state index in [0.29, 0.717) is 15.7 Å². The smallest absolute Gasteiger partial charge is 0.246 e. The van der Waals surface area contributed by atoms with Crippen molar-refractivity contribution in [3.05, 3.63) is 62.9 Å². The quantitative estimate of drug-likeness (QED) is 0.558. The Hall–Kier alpha value is -2.08. The number of thiazole rings is 1. The molecule has 0 aliphatic carbocycles. The van der Waals surface area contributed by atoms with Crippen LogP contribution in [0.15, 0.2) is 47.8 Å². The fourth-order valence-electron chi connectivity index (χ4n) is 2.39. The first-order chi connectivity index (χ1) is 12.4. The van der Waals surface area contributed by atoms with E-state index in [4.69, 9.17) is 23.2 Å². The van der Waals surface area contributed by atoms with E-state index in [9.17, 15) is 4.79 Å². The third-order valence-electron chi connectivity index (χ3n) is 3.79. The molecule has 4 nitrogen and oxygen atoms in total. The number of nitrogens with one attached hydrogen (secondary N) is 2. The number of hydrogen-bond donors (Lipinski definition) is 2. The molecule has 134 valence electrons. The van der Waals surface area contributed by atoms with Crippen molar-refractivity contribution in [3.8, 4) is 11.3 Å². The summed E-state index contributed by atoms with van der Waals surface area (Å²) in [6.45, 7) is 3.77. The summed E-state index contributed by atoms with van der Waals surface area (Å²) >= 11 is 13.7. The Morgan fingerprint density at radius 2 is 1.88 bits per heavy atom. The summed E-state index contributed by atoms with van der Waals surface area (Å²) in [5, 5.41) is 9.76. The molecule has 0 unspecified atom stereocenters. The molecule has 0 fully saturated rings. The fraction of sp³-hybridized carbons (Fsp3) is 0.158. The Morgan fingerprint density at radius 3 is 2.54 bits per heavy atom. The molecule has 0 radical (unpaired) electrons. The minimum absolute atomic E-state index is 0.201. The van der Waals surface area contributed by atoms with Gasteiger partial charge in [0.05, 0.1) is 26.4 Å². The first-order valence-corrected chi connectivity index (χ1v) is 9.61. The van der Waals surface area contributed by atoms with Gasteiger partial charge in [-0.2, -0.15) is 0 Å². The van der Waals surface area contributed by atoms with E-state index in [0.717, 1.165) is 22.0 Å². The summed E-state index contributed by atoms with van der Waals surface area (Å²) in [5.74, 6) is -0.201. The van der Waals surface area contributed by atoms with Crippen LogP contribution in [0.3, 0.4) is 0 Å². The van der Waals surface area contributed by atoms with Crippen LogP contribution in [0.5, 0.6) is 0 Å². The highest BCUT2D eigenvalue weighted by Gasteiger charge is 2.15. The minimum atomic E-state index is -0.447. The van der Waals surface area contributed by atoms with Crippen LogP contribution in [-0.4, -0.2) is 16.9 Å². The number of nitrogens with zero attached hydrogens (tertiary/aromatic N) is 1. The van der Waals surface area contributed by atoms with Crippen LogP contribution in [0.25, 0.3) is 11.3 Å². The summed E-state index contributed by atoms with van der Waals surface area (Å²) < 4.78 is 0. The number of carbonyl (C=O) groups is 1. The summed E-state index contributed by atoms with van der Waals surface area (Å²) in [6, 6.07) is 12.5. The lowest BCUT2D eigenvalue weighted by Gasteiger charge is -2.16. The van der Waals surface area contributed by atoms with Gasteiger partial charge in [-0.05, 0) is 38.1 Å². The van der Waals surface area contributed by atoms with Gasteiger partial charge in [-0.3, -0.25) is 4.79 Å². The van der Waals surface area contributed by atoms with Gasteiger partial charge in [-0.1, -0.05) is 41.4 Å². The Labute approximate surface area is 166 Å². The number of hydrogen-bond acceptors (Lipinski definition) is 4.